The van der Waals surface area contributed by atoms with E-state index in [1.54, 1.807) is 24.0 Å². The molecule has 2 aromatic rings. The predicted molar refractivity (Wildman–Crippen MR) is 95.4 cm³/mol. The molecule has 8 nitrogen and oxygen atoms in total. The number of carbonyl (C=O) groups excluding carboxylic acids is 2. The van der Waals surface area contributed by atoms with Gasteiger partial charge in [0.05, 0.1) is 17.7 Å². The lowest BCUT2D eigenvalue weighted by Gasteiger charge is -2.35. The van der Waals surface area contributed by atoms with Crippen molar-refractivity contribution in [1.29, 1.82) is 0 Å². The van der Waals surface area contributed by atoms with Crippen LogP contribution in [0.1, 0.15) is 27.6 Å². The summed E-state index contributed by atoms with van der Waals surface area (Å²) < 4.78 is 4.94. The molecule has 1 aliphatic rings. The predicted octanol–water partition coefficient (Wildman–Crippen LogP) is 0.909. The number of carbonyl (C=O) groups is 2. The Morgan fingerprint density at radius 2 is 1.85 bits per heavy atom. The number of ether oxygens (including phenoxy) is 1. The van der Waals surface area contributed by atoms with Gasteiger partial charge in [0.1, 0.15) is 5.82 Å². The van der Waals surface area contributed by atoms with Crippen molar-refractivity contribution in [3.05, 3.63) is 58.1 Å². The fourth-order valence-corrected chi connectivity index (χ4v) is 2.77. The third-order valence-electron chi connectivity index (χ3n) is 4.18. The zero-order valence-electron chi connectivity index (χ0n) is 14.5. The Hall–Kier alpha value is -3.16. The van der Waals surface area contributed by atoms with Crippen LogP contribution in [-0.2, 0) is 4.74 Å². The van der Waals surface area contributed by atoms with Crippen LogP contribution in [0.2, 0.25) is 0 Å². The number of H-pyrrole nitrogens is 1. The fraction of sp³-hybridized carbons (Fsp3) is 0.333. The summed E-state index contributed by atoms with van der Waals surface area (Å²) in [6.07, 6.45) is 2.94. The Balaban J connectivity index is 1.59. The van der Waals surface area contributed by atoms with Crippen molar-refractivity contribution in [3.63, 3.8) is 0 Å². The molecule has 1 N–H and O–H groups in total. The van der Waals surface area contributed by atoms with Gasteiger partial charge in [-0.1, -0.05) is 0 Å². The molecule has 2 aromatic heterocycles. The molecule has 1 fully saturated rings. The second kappa shape index (κ2) is 7.81. The van der Waals surface area contributed by atoms with Crippen molar-refractivity contribution >= 4 is 17.7 Å². The molecular weight excluding hydrogens is 336 g/mol. The number of hydrogen-bond acceptors (Lipinski definition) is 6. The van der Waals surface area contributed by atoms with Crippen molar-refractivity contribution in [3.8, 4) is 0 Å². The van der Waals surface area contributed by atoms with Gasteiger partial charge in [0.25, 0.3) is 5.91 Å². The monoisotopic (exact) mass is 356 g/mol. The van der Waals surface area contributed by atoms with Gasteiger partial charge in [0, 0.05) is 44.6 Å². The average Bonchev–Trinajstić information content (AvgIpc) is 2.68. The van der Waals surface area contributed by atoms with E-state index in [9.17, 15) is 14.4 Å². The Bertz CT molecular complexity index is 819. The molecule has 1 saturated heterocycles. The zero-order chi connectivity index (χ0) is 18.5. The minimum absolute atomic E-state index is 0.105. The fourth-order valence-electron chi connectivity index (χ4n) is 2.77. The van der Waals surface area contributed by atoms with Crippen LogP contribution in [0.4, 0.5) is 5.82 Å². The number of esters is 1. The lowest BCUT2D eigenvalue weighted by atomic mass is 10.2. The number of piperazine rings is 1. The van der Waals surface area contributed by atoms with Crippen LogP contribution < -0.4 is 10.5 Å². The first-order valence-electron chi connectivity index (χ1n) is 8.44. The van der Waals surface area contributed by atoms with Crippen molar-refractivity contribution in [2.24, 2.45) is 0 Å². The largest absolute Gasteiger partial charge is 0.462 e. The van der Waals surface area contributed by atoms with E-state index in [1.807, 2.05) is 0 Å². The second-order valence-corrected chi connectivity index (χ2v) is 5.85. The van der Waals surface area contributed by atoms with Gasteiger partial charge in [-0.3, -0.25) is 9.59 Å². The quantitative estimate of drug-likeness (QED) is 0.818. The number of aromatic amines is 1. The third kappa shape index (κ3) is 3.90. The molecule has 0 bridgehead atoms. The SMILES string of the molecule is CCOC(=O)c1ccc(N2CCN(C(=O)c3ccc(=O)[nH]c3)CC2)nc1. The normalized spacial score (nSPS) is 14.2. The lowest BCUT2D eigenvalue weighted by Crippen LogP contribution is -2.49. The van der Waals surface area contributed by atoms with Gasteiger partial charge < -0.3 is 19.5 Å². The van der Waals surface area contributed by atoms with E-state index in [4.69, 9.17) is 4.74 Å². The summed E-state index contributed by atoms with van der Waals surface area (Å²) in [7, 11) is 0. The van der Waals surface area contributed by atoms with Crippen LogP contribution in [0.25, 0.3) is 0 Å². The van der Waals surface area contributed by atoms with E-state index >= 15 is 0 Å². The number of hydrogen-bond donors (Lipinski definition) is 1. The van der Waals surface area contributed by atoms with E-state index in [0.717, 1.165) is 5.82 Å². The molecule has 0 aromatic carbocycles. The van der Waals surface area contributed by atoms with Crippen LogP contribution in [0.3, 0.4) is 0 Å². The molecule has 0 saturated carbocycles. The van der Waals surface area contributed by atoms with Gasteiger partial charge in [0.15, 0.2) is 0 Å². The summed E-state index contributed by atoms with van der Waals surface area (Å²) in [5.41, 5.74) is 0.654. The molecule has 0 atom stereocenters. The Labute approximate surface area is 150 Å². The topological polar surface area (TPSA) is 95.6 Å². The third-order valence-corrected chi connectivity index (χ3v) is 4.18. The molecule has 26 heavy (non-hydrogen) atoms. The van der Waals surface area contributed by atoms with Crippen molar-refractivity contribution in [2.45, 2.75) is 6.92 Å². The summed E-state index contributed by atoms with van der Waals surface area (Å²) in [4.78, 5) is 45.9. The van der Waals surface area contributed by atoms with E-state index < -0.39 is 0 Å². The summed E-state index contributed by atoms with van der Waals surface area (Å²) in [6.45, 7) is 4.47. The van der Waals surface area contributed by atoms with Crippen LogP contribution >= 0.6 is 0 Å². The lowest BCUT2D eigenvalue weighted by molar-refractivity contribution is 0.0525. The summed E-state index contributed by atoms with van der Waals surface area (Å²) in [6, 6.07) is 6.35. The van der Waals surface area contributed by atoms with Crippen LogP contribution in [0.15, 0.2) is 41.5 Å². The van der Waals surface area contributed by atoms with Gasteiger partial charge in [-0.25, -0.2) is 9.78 Å². The highest BCUT2D eigenvalue weighted by Crippen LogP contribution is 2.15. The average molecular weight is 356 g/mol. The summed E-state index contributed by atoms with van der Waals surface area (Å²) in [5, 5.41) is 0. The molecule has 1 aliphatic heterocycles. The summed E-state index contributed by atoms with van der Waals surface area (Å²) in [5.74, 6) is 0.267. The first-order chi connectivity index (χ1) is 12.6. The van der Waals surface area contributed by atoms with Gasteiger partial charge in [-0.2, -0.15) is 0 Å². The van der Waals surface area contributed by atoms with E-state index in [2.05, 4.69) is 14.9 Å². The number of nitrogens with zero attached hydrogens (tertiary/aromatic N) is 3. The Morgan fingerprint density at radius 1 is 1.12 bits per heavy atom. The van der Waals surface area contributed by atoms with Crippen LogP contribution in [0, 0.1) is 0 Å². The maximum atomic E-state index is 12.5. The van der Waals surface area contributed by atoms with Crippen molar-refractivity contribution < 1.29 is 14.3 Å². The number of amides is 1. The maximum absolute atomic E-state index is 12.5. The number of pyridine rings is 2. The number of anilines is 1. The standard InChI is InChI=1S/C18H20N4O4/c1-2-26-18(25)14-3-5-15(19-12-14)21-7-9-22(10-8-21)17(24)13-4-6-16(23)20-11-13/h3-6,11-12H,2,7-10H2,1H3,(H,20,23). The highest BCUT2D eigenvalue weighted by Gasteiger charge is 2.23. The van der Waals surface area contributed by atoms with Crippen LogP contribution in [0.5, 0.6) is 0 Å². The molecule has 8 heteroatoms. The van der Waals surface area contributed by atoms with Crippen molar-refractivity contribution in [2.75, 3.05) is 37.7 Å². The molecule has 3 rings (SSSR count). The van der Waals surface area contributed by atoms with Gasteiger partial charge in [-0.15, -0.1) is 0 Å². The van der Waals surface area contributed by atoms with Gasteiger partial charge in [0.2, 0.25) is 5.56 Å². The number of nitrogens with one attached hydrogen (secondary N) is 1. The Kier molecular flexibility index (Phi) is 5.31. The van der Waals surface area contributed by atoms with Gasteiger partial charge >= 0.3 is 5.97 Å². The first-order valence-corrected chi connectivity index (χ1v) is 8.44. The van der Waals surface area contributed by atoms with E-state index in [1.165, 1.54) is 24.5 Å². The summed E-state index contributed by atoms with van der Waals surface area (Å²) >= 11 is 0. The minimum atomic E-state index is -0.386. The van der Waals surface area contributed by atoms with Crippen molar-refractivity contribution in [1.82, 2.24) is 14.9 Å². The minimum Gasteiger partial charge on any atom is -0.462 e. The second-order valence-electron chi connectivity index (χ2n) is 5.85. The molecule has 0 aliphatic carbocycles. The molecular formula is C18H20N4O4. The van der Waals surface area contributed by atoms with Gasteiger partial charge in [-0.05, 0) is 25.1 Å². The highest BCUT2D eigenvalue weighted by molar-refractivity contribution is 5.94. The van der Waals surface area contributed by atoms with E-state index in [-0.39, 0.29) is 17.4 Å². The molecule has 0 unspecified atom stereocenters. The maximum Gasteiger partial charge on any atom is 0.339 e. The molecule has 0 radical (unpaired) electrons. The Morgan fingerprint density at radius 3 is 2.42 bits per heavy atom. The van der Waals surface area contributed by atoms with E-state index in [0.29, 0.717) is 43.9 Å². The number of rotatable bonds is 4. The number of aromatic nitrogens is 2. The molecule has 136 valence electrons. The smallest absolute Gasteiger partial charge is 0.339 e. The molecule has 1 amide bonds. The highest BCUT2D eigenvalue weighted by atomic mass is 16.5. The molecule has 0 spiro atoms. The first kappa shape index (κ1) is 17.7. The van der Waals surface area contributed by atoms with Crippen LogP contribution in [-0.4, -0.2) is 59.5 Å². The zero-order valence-corrected chi connectivity index (χ0v) is 14.5. The molecule has 3 heterocycles.